The molecular formula is C12H15N3O2. The normalized spacial score (nSPS) is 21.2. The van der Waals surface area contributed by atoms with Crippen molar-refractivity contribution in [1.29, 1.82) is 0 Å². The highest BCUT2D eigenvalue weighted by Gasteiger charge is 2.29. The first kappa shape index (κ1) is 11.4. The van der Waals surface area contributed by atoms with Crippen LogP contribution in [-0.2, 0) is 4.79 Å². The first-order valence-corrected chi connectivity index (χ1v) is 5.51. The molecule has 1 fully saturated rings. The predicted molar refractivity (Wildman–Crippen MR) is 65.0 cm³/mol. The summed E-state index contributed by atoms with van der Waals surface area (Å²) < 4.78 is 5.35. The molecule has 2 rings (SSSR count). The highest BCUT2D eigenvalue weighted by Crippen LogP contribution is 2.20. The molecule has 0 aliphatic carbocycles. The lowest BCUT2D eigenvalue weighted by Gasteiger charge is -2.09. The fourth-order valence-electron chi connectivity index (χ4n) is 1.71. The predicted octanol–water partition coefficient (Wildman–Crippen LogP) is 0.832. The van der Waals surface area contributed by atoms with E-state index in [1.807, 2.05) is 31.2 Å². The zero-order valence-corrected chi connectivity index (χ0v) is 9.86. The summed E-state index contributed by atoms with van der Waals surface area (Å²) in [4.78, 5) is 15.6. The molecule has 1 heterocycles. The Balaban J connectivity index is 2.15. The SMILES string of the molecule is CCOc1ccc(C2NC(=NC)NC2=O)cc1. The van der Waals surface area contributed by atoms with Gasteiger partial charge >= 0.3 is 0 Å². The summed E-state index contributed by atoms with van der Waals surface area (Å²) in [5.74, 6) is 1.22. The van der Waals surface area contributed by atoms with E-state index in [9.17, 15) is 4.79 Å². The maximum atomic E-state index is 11.7. The molecular weight excluding hydrogens is 218 g/mol. The van der Waals surface area contributed by atoms with E-state index in [4.69, 9.17) is 4.74 Å². The van der Waals surface area contributed by atoms with Crippen LogP contribution in [0.2, 0.25) is 0 Å². The number of nitrogens with one attached hydrogen (secondary N) is 2. The number of ether oxygens (including phenoxy) is 1. The smallest absolute Gasteiger partial charge is 0.253 e. The zero-order chi connectivity index (χ0) is 12.3. The number of guanidine groups is 1. The van der Waals surface area contributed by atoms with E-state index in [2.05, 4.69) is 15.6 Å². The van der Waals surface area contributed by atoms with Crippen LogP contribution in [0.4, 0.5) is 0 Å². The largest absolute Gasteiger partial charge is 0.494 e. The van der Waals surface area contributed by atoms with Gasteiger partial charge in [0.2, 0.25) is 0 Å². The second kappa shape index (κ2) is 4.86. The van der Waals surface area contributed by atoms with Gasteiger partial charge in [0.1, 0.15) is 11.8 Å². The third-order valence-corrected chi connectivity index (χ3v) is 2.53. The molecule has 0 spiro atoms. The molecule has 0 radical (unpaired) electrons. The number of benzene rings is 1. The van der Waals surface area contributed by atoms with Crippen LogP contribution in [0.25, 0.3) is 0 Å². The van der Waals surface area contributed by atoms with Crippen LogP contribution in [0.3, 0.4) is 0 Å². The minimum Gasteiger partial charge on any atom is -0.494 e. The van der Waals surface area contributed by atoms with Crippen LogP contribution in [0.15, 0.2) is 29.3 Å². The molecule has 1 atom stereocenters. The van der Waals surface area contributed by atoms with E-state index < -0.39 is 0 Å². The highest BCUT2D eigenvalue weighted by molar-refractivity contribution is 6.06. The summed E-state index contributed by atoms with van der Waals surface area (Å²) in [6, 6.07) is 7.09. The summed E-state index contributed by atoms with van der Waals surface area (Å²) >= 11 is 0. The third kappa shape index (κ3) is 2.38. The van der Waals surface area contributed by atoms with E-state index in [0.29, 0.717) is 12.6 Å². The number of carbonyl (C=O) groups is 1. The summed E-state index contributed by atoms with van der Waals surface area (Å²) in [7, 11) is 1.63. The Morgan fingerprint density at radius 3 is 2.59 bits per heavy atom. The molecule has 1 amide bonds. The van der Waals surface area contributed by atoms with E-state index in [0.717, 1.165) is 11.3 Å². The van der Waals surface area contributed by atoms with Crippen molar-refractivity contribution < 1.29 is 9.53 Å². The molecule has 2 N–H and O–H groups in total. The fourth-order valence-corrected chi connectivity index (χ4v) is 1.71. The van der Waals surface area contributed by atoms with Gasteiger partial charge in [0.25, 0.3) is 5.91 Å². The first-order chi connectivity index (χ1) is 8.24. The van der Waals surface area contributed by atoms with Gasteiger partial charge in [0, 0.05) is 7.05 Å². The molecule has 1 aromatic rings. The van der Waals surface area contributed by atoms with E-state index in [-0.39, 0.29) is 11.9 Å². The molecule has 0 aromatic heterocycles. The van der Waals surface area contributed by atoms with Gasteiger partial charge in [-0.05, 0) is 24.6 Å². The van der Waals surface area contributed by atoms with Crippen molar-refractivity contribution in [2.45, 2.75) is 13.0 Å². The van der Waals surface area contributed by atoms with Crippen LogP contribution in [0.5, 0.6) is 5.75 Å². The molecule has 90 valence electrons. The number of hydrogen-bond donors (Lipinski definition) is 2. The van der Waals surface area contributed by atoms with E-state index in [1.165, 1.54) is 0 Å². The Kier molecular flexibility index (Phi) is 3.27. The number of carbonyl (C=O) groups excluding carboxylic acids is 1. The average Bonchev–Trinajstić information content (AvgIpc) is 2.72. The van der Waals surface area contributed by atoms with Crippen molar-refractivity contribution in [2.75, 3.05) is 13.7 Å². The van der Waals surface area contributed by atoms with Crippen molar-refractivity contribution in [2.24, 2.45) is 4.99 Å². The van der Waals surface area contributed by atoms with Gasteiger partial charge in [-0.15, -0.1) is 0 Å². The topological polar surface area (TPSA) is 62.7 Å². The molecule has 5 heteroatoms. The van der Waals surface area contributed by atoms with Crippen molar-refractivity contribution in [3.05, 3.63) is 29.8 Å². The molecule has 1 aromatic carbocycles. The number of aliphatic imine (C=N–C) groups is 1. The van der Waals surface area contributed by atoms with E-state index >= 15 is 0 Å². The fraction of sp³-hybridized carbons (Fsp3) is 0.333. The number of nitrogens with zero attached hydrogens (tertiary/aromatic N) is 1. The molecule has 0 bridgehead atoms. The molecule has 1 aliphatic heterocycles. The molecule has 17 heavy (non-hydrogen) atoms. The summed E-state index contributed by atoms with van der Waals surface area (Å²) in [6.07, 6.45) is 0. The van der Waals surface area contributed by atoms with Gasteiger partial charge in [0.05, 0.1) is 6.61 Å². The Bertz CT molecular complexity index is 440. The van der Waals surface area contributed by atoms with Crippen LogP contribution in [0.1, 0.15) is 18.5 Å². The monoisotopic (exact) mass is 233 g/mol. The molecule has 1 aliphatic rings. The molecule has 1 unspecified atom stereocenters. The van der Waals surface area contributed by atoms with Crippen LogP contribution < -0.4 is 15.4 Å². The highest BCUT2D eigenvalue weighted by atomic mass is 16.5. The first-order valence-electron chi connectivity index (χ1n) is 5.51. The lowest BCUT2D eigenvalue weighted by atomic mass is 10.1. The lowest BCUT2D eigenvalue weighted by molar-refractivity contribution is -0.120. The third-order valence-electron chi connectivity index (χ3n) is 2.53. The van der Waals surface area contributed by atoms with Crippen molar-refractivity contribution in [3.63, 3.8) is 0 Å². The maximum absolute atomic E-state index is 11.7. The van der Waals surface area contributed by atoms with Gasteiger partial charge in [-0.2, -0.15) is 0 Å². The second-order valence-electron chi connectivity index (χ2n) is 3.64. The minimum atomic E-state index is -0.371. The minimum absolute atomic E-state index is 0.0882. The van der Waals surface area contributed by atoms with Crippen molar-refractivity contribution in [1.82, 2.24) is 10.6 Å². The second-order valence-corrected chi connectivity index (χ2v) is 3.64. The van der Waals surface area contributed by atoms with Gasteiger partial charge < -0.3 is 10.1 Å². The Morgan fingerprint density at radius 2 is 2.06 bits per heavy atom. The van der Waals surface area contributed by atoms with Crippen molar-refractivity contribution in [3.8, 4) is 5.75 Å². The molecule has 5 nitrogen and oxygen atoms in total. The maximum Gasteiger partial charge on any atom is 0.253 e. The Morgan fingerprint density at radius 1 is 1.35 bits per heavy atom. The lowest BCUT2D eigenvalue weighted by Crippen LogP contribution is -2.24. The quantitative estimate of drug-likeness (QED) is 0.813. The van der Waals surface area contributed by atoms with E-state index in [1.54, 1.807) is 7.05 Å². The summed E-state index contributed by atoms with van der Waals surface area (Å²) in [5.41, 5.74) is 0.893. The number of hydrogen-bond acceptors (Lipinski definition) is 3. The van der Waals surface area contributed by atoms with Crippen molar-refractivity contribution >= 4 is 11.9 Å². The van der Waals surface area contributed by atoms with Gasteiger partial charge in [0.15, 0.2) is 5.96 Å². The Labute approximate surface area is 99.9 Å². The van der Waals surface area contributed by atoms with Gasteiger partial charge in [-0.25, -0.2) is 0 Å². The standard InChI is InChI=1S/C12H15N3O2/c1-3-17-9-6-4-8(5-7-9)10-11(16)15-12(13-2)14-10/h4-7,10H,3H2,1-2H3,(H2,13,14,15,16). The van der Waals surface area contributed by atoms with Crippen LogP contribution in [-0.4, -0.2) is 25.5 Å². The summed E-state index contributed by atoms with van der Waals surface area (Å²) in [6.45, 7) is 2.57. The number of rotatable bonds is 3. The van der Waals surface area contributed by atoms with Gasteiger partial charge in [-0.1, -0.05) is 12.1 Å². The molecule has 0 saturated carbocycles. The number of amides is 1. The van der Waals surface area contributed by atoms with Crippen LogP contribution >= 0.6 is 0 Å². The Hall–Kier alpha value is -2.04. The molecule has 1 saturated heterocycles. The summed E-state index contributed by atoms with van der Waals surface area (Å²) in [5, 5.41) is 5.67. The average molecular weight is 233 g/mol. The van der Waals surface area contributed by atoms with Gasteiger partial charge in [-0.3, -0.25) is 15.1 Å². The van der Waals surface area contributed by atoms with Crippen LogP contribution in [0, 0.1) is 0 Å². The zero-order valence-electron chi connectivity index (χ0n) is 9.86.